The van der Waals surface area contributed by atoms with E-state index in [1.165, 1.54) is 308 Å². The van der Waals surface area contributed by atoms with Gasteiger partial charge in [-0.3, -0.25) is 9.36 Å². The first-order valence-electron chi connectivity index (χ1n) is 35.2. The van der Waals surface area contributed by atoms with Crippen LogP contribution < -0.4 is 10.2 Å². The van der Waals surface area contributed by atoms with E-state index in [9.17, 15) is 19.4 Å². The van der Waals surface area contributed by atoms with Crippen LogP contribution in [0.2, 0.25) is 0 Å². The molecule has 0 spiro atoms. The highest BCUT2D eigenvalue weighted by molar-refractivity contribution is 7.45. The molecule has 3 unspecified atom stereocenters. The van der Waals surface area contributed by atoms with Crippen LogP contribution in [0.4, 0.5) is 0 Å². The van der Waals surface area contributed by atoms with E-state index in [0.29, 0.717) is 17.4 Å². The molecule has 470 valence electrons. The van der Waals surface area contributed by atoms with E-state index in [2.05, 4.69) is 31.3 Å². The Morgan fingerprint density at radius 1 is 0.430 bits per heavy atom. The molecule has 0 saturated carbocycles. The zero-order valence-corrected chi connectivity index (χ0v) is 54.8. The minimum Gasteiger partial charge on any atom is -0.756 e. The molecule has 0 radical (unpaired) electrons. The molecule has 0 aromatic carbocycles. The molecule has 3 atom stereocenters. The van der Waals surface area contributed by atoms with Crippen molar-refractivity contribution in [3.63, 3.8) is 0 Å². The normalized spacial score (nSPS) is 13.8. The number of phosphoric acid groups is 1. The van der Waals surface area contributed by atoms with E-state index in [1.54, 1.807) is 6.08 Å². The average molecular weight is 1140 g/mol. The van der Waals surface area contributed by atoms with Gasteiger partial charge in [0.1, 0.15) is 13.2 Å². The molecule has 0 aliphatic rings. The number of carbonyl (C=O) groups excluding carboxylic acids is 1. The molecule has 0 aliphatic heterocycles. The Kier molecular flexibility index (Phi) is 60.7. The number of hydrogen-bond donors (Lipinski definition) is 2. The molecule has 0 heterocycles. The minimum absolute atomic E-state index is 0.00180. The van der Waals surface area contributed by atoms with E-state index in [1.807, 2.05) is 27.2 Å². The lowest BCUT2D eigenvalue weighted by molar-refractivity contribution is -0.870. The van der Waals surface area contributed by atoms with Crippen molar-refractivity contribution in [3.05, 3.63) is 24.3 Å². The predicted molar refractivity (Wildman–Crippen MR) is 344 cm³/mol. The number of aliphatic hydroxyl groups is 1. The number of quaternary nitrogens is 1. The number of carbonyl (C=O) groups is 1. The molecular weight excluding hydrogens is 996 g/mol. The zero-order chi connectivity index (χ0) is 57.7. The summed E-state index contributed by atoms with van der Waals surface area (Å²) in [5.74, 6) is -0.189. The molecule has 0 saturated heterocycles. The summed E-state index contributed by atoms with van der Waals surface area (Å²) < 4.78 is 23.5. The van der Waals surface area contributed by atoms with Crippen LogP contribution in [-0.4, -0.2) is 68.5 Å². The first-order valence-corrected chi connectivity index (χ1v) is 36.7. The van der Waals surface area contributed by atoms with Crippen molar-refractivity contribution in [1.29, 1.82) is 0 Å². The highest BCUT2D eigenvalue weighted by Gasteiger charge is 2.23. The summed E-state index contributed by atoms with van der Waals surface area (Å²) in [5, 5.41) is 14.0. The van der Waals surface area contributed by atoms with Gasteiger partial charge in [-0.2, -0.15) is 0 Å². The van der Waals surface area contributed by atoms with Crippen molar-refractivity contribution in [2.45, 2.75) is 379 Å². The standard InChI is InChI=1S/C70H139N2O6P/c1-6-8-10-12-14-16-18-20-22-24-26-28-30-32-34-36-38-40-42-44-46-48-50-52-54-56-58-60-62-64-70(74)71-68(67-78-79(75,76)77-66-65-72(3,4)5)69(73)63-61-59-57-55-53-51-49-47-45-43-41-39-37-35-33-31-29-27-25-23-21-19-17-15-13-11-9-7-2/h24,26,61,63,68-69,73H,6-23,25,27-60,62,64-67H2,1-5H3,(H-,71,74,75,76)/b26-24-,63-61+. The van der Waals surface area contributed by atoms with Crippen LogP contribution in [0, 0.1) is 0 Å². The van der Waals surface area contributed by atoms with E-state index >= 15 is 0 Å². The number of amides is 1. The van der Waals surface area contributed by atoms with Gasteiger partial charge in [0.2, 0.25) is 5.91 Å². The summed E-state index contributed by atoms with van der Waals surface area (Å²) in [5.41, 5.74) is 0. The molecule has 0 aromatic heterocycles. The van der Waals surface area contributed by atoms with Crippen LogP contribution in [0.3, 0.4) is 0 Å². The molecule has 0 bridgehead atoms. The Bertz CT molecular complexity index is 1340. The smallest absolute Gasteiger partial charge is 0.268 e. The Morgan fingerprint density at radius 3 is 0.987 bits per heavy atom. The molecule has 1 amide bonds. The van der Waals surface area contributed by atoms with Gasteiger partial charge in [-0.25, -0.2) is 0 Å². The maximum Gasteiger partial charge on any atom is 0.268 e. The van der Waals surface area contributed by atoms with E-state index in [4.69, 9.17) is 9.05 Å². The van der Waals surface area contributed by atoms with Gasteiger partial charge in [0.05, 0.1) is 39.9 Å². The summed E-state index contributed by atoms with van der Waals surface area (Å²) in [7, 11) is 1.28. The monoisotopic (exact) mass is 1140 g/mol. The fraction of sp³-hybridized carbons (Fsp3) is 0.929. The third-order valence-corrected chi connectivity index (χ3v) is 17.4. The molecule has 2 N–H and O–H groups in total. The Hall–Kier alpha value is -1.02. The van der Waals surface area contributed by atoms with Crippen molar-refractivity contribution in [3.8, 4) is 0 Å². The van der Waals surface area contributed by atoms with Crippen LogP contribution in [0.25, 0.3) is 0 Å². The summed E-state index contributed by atoms with van der Waals surface area (Å²) in [6.07, 6.45) is 80.1. The van der Waals surface area contributed by atoms with Crippen LogP contribution >= 0.6 is 7.82 Å². The van der Waals surface area contributed by atoms with Gasteiger partial charge < -0.3 is 28.8 Å². The number of likely N-dealkylation sites (N-methyl/N-ethyl adjacent to an activating group) is 1. The van der Waals surface area contributed by atoms with E-state index in [0.717, 1.165) is 38.5 Å². The number of allylic oxidation sites excluding steroid dienone is 3. The SMILES string of the molecule is CCCCCCCCCC/C=C\CCCCCCCCCCCCCCCCCCCC(=O)NC(COP(=O)([O-])OCC[N+](C)(C)C)C(O)/C=C/CCCCCCCCCCCCCCCCCCCCCCCCCCCC. The third-order valence-electron chi connectivity index (χ3n) is 16.4. The molecule has 0 fully saturated rings. The Morgan fingerprint density at radius 2 is 0.696 bits per heavy atom. The van der Waals surface area contributed by atoms with Crippen molar-refractivity contribution < 1.29 is 32.9 Å². The predicted octanol–water partition coefficient (Wildman–Crippen LogP) is 21.6. The quantitative estimate of drug-likeness (QED) is 0.0272. The first-order chi connectivity index (χ1) is 38.5. The van der Waals surface area contributed by atoms with E-state index < -0.39 is 20.0 Å². The third kappa shape index (κ3) is 64.4. The van der Waals surface area contributed by atoms with Crippen LogP contribution in [0.15, 0.2) is 24.3 Å². The van der Waals surface area contributed by atoms with Crippen molar-refractivity contribution in [2.75, 3.05) is 40.9 Å². The summed E-state index contributed by atoms with van der Waals surface area (Å²) in [6.45, 7) is 4.71. The molecular formula is C70H139N2O6P. The minimum atomic E-state index is -4.60. The lowest BCUT2D eigenvalue weighted by atomic mass is 10.0. The van der Waals surface area contributed by atoms with E-state index in [-0.39, 0.29) is 19.1 Å². The fourth-order valence-electron chi connectivity index (χ4n) is 10.9. The van der Waals surface area contributed by atoms with Crippen LogP contribution in [0.5, 0.6) is 0 Å². The second kappa shape index (κ2) is 61.5. The number of aliphatic hydroxyl groups excluding tert-OH is 1. The number of unbranched alkanes of at least 4 members (excludes halogenated alkanes) is 51. The second-order valence-electron chi connectivity index (χ2n) is 25.6. The Labute approximate surface area is 494 Å². The largest absolute Gasteiger partial charge is 0.756 e. The molecule has 79 heavy (non-hydrogen) atoms. The topological polar surface area (TPSA) is 108 Å². The van der Waals surface area contributed by atoms with Gasteiger partial charge in [-0.15, -0.1) is 0 Å². The maximum atomic E-state index is 13.0. The first kappa shape index (κ1) is 78.0. The average Bonchev–Trinajstić information content (AvgIpc) is 3.42. The van der Waals surface area contributed by atoms with Gasteiger partial charge in [-0.1, -0.05) is 340 Å². The van der Waals surface area contributed by atoms with Gasteiger partial charge in [0, 0.05) is 6.42 Å². The highest BCUT2D eigenvalue weighted by atomic mass is 31.2. The van der Waals surface area contributed by atoms with Gasteiger partial charge in [0.25, 0.3) is 7.82 Å². The molecule has 0 aromatic rings. The molecule has 0 aliphatic carbocycles. The molecule has 8 nitrogen and oxygen atoms in total. The molecule has 9 heteroatoms. The van der Waals surface area contributed by atoms with Crippen molar-refractivity contribution >= 4 is 13.7 Å². The maximum absolute atomic E-state index is 13.0. The number of hydrogen-bond acceptors (Lipinski definition) is 6. The van der Waals surface area contributed by atoms with Crippen molar-refractivity contribution in [1.82, 2.24) is 5.32 Å². The van der Waals surface area contributed by atoms with Crippen LogP contribution in [-0.2, 0) is 18.4 Å². The van der Waals surface area contributed by atoms with Gasteiger partial charge >= 0.3 is 0 Å². The summed E-state index contributed by atoms with van der Waals surface area (Å²) in [4.78, 5) is 25.6. The summed E-state index contributed by atoms with van der Waals surface area (Å²) in [6, 6.07) is -0.886. The highest BCUT2D eigenvalue weighted by Crippen LogP contribution is 2.38. The summed E-state index contributed by atoms with van der Waals surface area (Å²) >= 11 is 0. The second-order valence-corrected chi connectivity index (χ2v) is 27.0. The lowest BCUT2D eigenvalue weighted by Gasteiger charge is -2.29. The fourth-order valence-corrected chi connectivity index (χ4v) is 11.6. The van der Waals surface area contributed by atoms with Gasteiger partial charge in [0.15, 0.2) is 0 Å². The number of nitrogens with one attached hydrogen (secondary N) is 1. The number of rotatable bonds is 66. The lowest BCUT2D eigenvalue weighted by Crippen LogP contribution is -2.45. The van der Waals surface area contributed by atoms with Crippen molar-refractivity contribution in [2.24, 2.45) is 0 Å². The number of nitrogens with zero attached hydrogens (tertiary/aromatic N) is 1. The zero-order valence-electron chi connectivity index (χ0n) is 53.9. The Balaban J connectivity index is 4.04. The van der Waals surface area contributed by atoms with Crippen LogP contribution in [0.1, 0.15) is 367 Å². The van der Waals surface area contributed by atoms with Gasteiger partial charge in [-0.05, 0) is 44.9 Å². The molecule has 0 rings (SSSR count). The number of phosphoric ester groups is 1.